The van der Waals surface area contributed by atoms with Gasteiger partial charge >= 0.3 is 0 Å². The summed E-state index contributed by atoms with van der Waals surface area (Å²) in [5, 5.41) is 0. The Morgan fingerprint density at radius 2 is 1.86 bits per heavy atom. The van der Waals surface area contributed by atoms with Crippen LogP contribution in [0.15, 0.2) is 24.3 Å². The van der Waals surface area contributed by atoms with Crippen LogP contribution in [-0.4, -0.2) is 35.5 Å². The molecule has 0 radical (unpaired) electrons. The number of amides is 2. The van der Waals surface area contributed by atoms with Gasteiger partial charge in [-0.1, -0.05) is 30.0 Å². The topological polar surface area (TPSA) is 72.6 Å². The molecule has 2 bridgehead atoms. The van der Waals surface area contributed by atoms with Gasteiger partial charge < -0.3 is 10.5 Å². The van der Waals surface area contributed by atoms with Gasteiger partial charge in [-0.25, -0.2) is 0 Å². The molecule has 0 saturated carbocycles. The van der Waals surface area contributed by atoms with Crippen LogP contribution in [0.3, 0.4) is 0 Å². The number of likely N-dealkylation sites (tertiary alicyclic amines) is 1. The summed E-state index contributed by atoms with van der Waals surface area (Å²) in [7, 11) is 0. The molecule has 1 aromatic carbocycles. The third-order valence-corrected chi connectivity index (χ3v) is 3.77. The van der Waals surface area contributed by atoms with Gasteiger partial charge in [0.05, 0.1) is 13.1 Å². The molecule has 2 saturated heterocycles. The highest BCUT2D eigenvalue weighted by atomic mass is 16.5. The van der Waals surface area contributed by atoms with Crippen LogP contribution in [0.5, 0.6) is 0 Å². The fourth-order valence-electron chi connectivity index (χ4n) is 2.71. The summed E-state index contributed by atoms with van der Waals surface area (Å²) in [5.41, 5.74) is 7.03. The molecule has 2 aliphatic rings. The number of carbonyl (C=O) groups excluding carboxylic acids is 2. The van der Waals surface area contributed by atoms with Crippen LogP contribution in [0.2, 0.25) is 0 Å². The lowest BCUT2D eigenvalue weighted by molar-refractivity contribution is -0.169. The van der Waals surface area contributed by atoms with E-state index in [1.807, 2.05) is 24.3 Å². The van der Waals surface area contributed by atoms with E-state index >= 15 is 0 Å². The average molecular weight is 284 g/mol. The van der Waals surface area contributed by atoms with Crippen LogP contribution in [-0.2, 0) is 20.9 Å². The summed E-state index contributed by atoms with van der Waals surface area (Å²) in [6.07, 6.45) is 0.325. The van der Waals surface area contributed by atoms with Crippen molar-refractivity contribution in [3.8, 4) is 11.8 Å². The Kier molecular flexibility index (Phi) is 3.74. The third kappa shape index (κ3) is 2.56. The number of imide groups is 1. The van der Waals surface area contributed by atoms with E-state index in [2.05, 4.69) is 11.8 Å². The fourth-order valence-corrected chi connectivity index (χ4v) is 2.71. The fraction of sp³-hybridized carbons (Fsp3) is 0.375. The summed E-state index contributed by atoms with van der Waals surface area (Å²) < 4.78 is 5.40. The molecule has 2 unspecified atom stereocenters. The lowest BCUT2D eigenvalue weighted by atomic mass is 10.1. The first-order valence-corrected chi connectivity index (χ1v) is 6.98. The van der Waals surface area contributed by atoms with Gasteiger partial charge in [-0.15, -0.1) is 0 Å². The minimum absolute atomic E-state index is 0.240. The summed E-state index contributed by atoms with van der Waals surface area (Å²) in [5.74, 6) is 5.29. The molecule has 2 heterocycles. The Hall–Kier alpha value is -2.16. The molecule has 5 heteroatoms. The number of nitrogens with zero attached hydrogens (tertiary/aromatic N) is 1. The van der Waals surface area contributed by atoms with E-state index in [1.165, 1.54) is 4.90 Å². The number of ether oxygens (including phenoxy) is 1. The predicted molar refractivity (Wildman–Crippen MR) is 75.8 cm³/mol. The van der Waals surface area contributed by atoms with E-state index in [0.29, 0.717) is 12.8 Å². The van der Waals surface area contributed by atoms with E-state index in [0.717, 1.165) is 11.1 Å². The quantitative estimate of drug-likeness (QED) is 0.631. The molecule has 2 atom stereocenters. The summed E-state index contributed by atoms with van der Waals surface area (Å²) in [6.45, 7) is 0.511. The summed E-state index contributed by atoms with van der Waals surface area (Å²) in [4.78, 5) is 25.8. The monoisotopic (exact) mass is 284 g/mol. The SMILES string of the molecule is NCC#Cc1ccccc1CN1C(=O)C2CCC(O2)C1=O. The first-order valence-electron chi connectivity index (χ1n) is 6.98. The van der Waals surface area contributed by atoms with Gasteiger partial charge in [0, 0.05) is 5.56 Å². The van der Waals surface area contributed by atoms with Crippen molar-refractivity contribution in [2.24, 2.45) is 5.73 Å². The largest absolute Gasteiger partial charge is 0.355 e. The van der Waals surface area contributed by atoms with Gasteiger partial charge in [0.25, 0.3) is 11.8 Å². The first kappa shape index (κ1) is 13.8. The van der Waals surface area contributed by atoms with E-state index < -0.39 is 12.2 Å². The zero-order valence-electron chi connectivity index (χ0n) is 11.5. The minimum Gasteiger partial charge on any atom is -0.355 e. The second-order valence-electron chi connectivity index (χ2n) is 5.12. The molecule has 1 aromatic rings. The van der Waals surface area contributed by atoms with Crippen molar-refractivity contribution in [1.82, 2.24) is 4.90 Å². The number of hydrogen-bond acceptors (Lipinski definition) is 4. The molecule has 5 nitrogen and oxygen atoms in total. The van der Waals surface area contributed by atoms with Crippen LogP contribution in [0.25, 0.3) is 0 Å². The maximum atomic E-state index is 12.2. The van der Waals surface area contributed by atoms with Crippen molar-refractivity contribution >= 4 is 11.8 Å². The van der Waals surface area contributed by atoms with Gasteiger partial charge in [0.15, 0.2) is 0 Å². The highest BCUT2D eigenvalue weighted by Crippen LogP contribution is 2.29. The molecule has 0 spiro atoms. The van der Waals surface area contributed by atoms with Crippen molar-refractivity contribution < 1.29 is 14.3 Å². The number of rotatable bonds is 2. The number of nitrogens with two attached hydrogens (primary N) is 1. The lowest BCUT2D eigenvalue weighted by Gasteiger charge is -2.30. The normalized spacial score (nSPS) is 24.0. The van der Waals surface area contributed by atoms with Crippen molar-refractivity contribution in [3.05, 3.63) is 35.4 Å². The molecule has 108 valence electrons. The number of carbonyl (C=O) groups is 2. The van der Waals surface area contributed by atoms with Crippen molar-refractivity contribution in [3.63, 3.8) is 0 Å². The van der Waals surface area contributed by atoms with E-state index in [9.17, 15) is 9.59 Å². The van der Waals surface area contributed by atoms with Crippen LogP contribution in [0.1, 0.15) is 24.0 Å². The lowest BCUT2D eigenvalue weighted by Crippen LogP contribution is -2.51. The molecule has 2 N–H and O–H groups in total. The average Bonchev–Trinajstić information content (AvgIpc) is 2.96. The first-order chi connectivity index (χ1) is 10.2. The van der Waals surface area contributed by atoms with Gasteiger partial charge in [-0.05, 0) is 24.5 Å². The van der Waals surface area contributed by atoms with Gasteiger partial charge in [-0.2, -0.15) is 0 Å². The Morgan fingerprint density at radius 3 is 2.52 bits per heavy atom. The highest BCUT2D eigenvalue weighted by molar-refractivity contribution is 6.02. The maximum Gasteiger partial charge on any atom is 0.258 e. The van der Waals surface area contributed by atoms with Crippen LogP contribution in [0, 0.1) is 11.8 Å². The zero-order chi connectivity index (χ0) is 14.8. The Labute approximate surface area is 123 Å². The van der Waals surface area contributed by atoms with Crippen molar-refractivity contribution in [2.75, 3.05) is 6.54 Å². The van der Waals surface area contributed by atoms with Gasteiger partial charge in [0.2, 0.25) is 0 Å². The molecule has 21 heavy (non-hydrogen) atoms. The van der Waals surface area contributed by atoms with Crippen LogP contribution < -0.4 is 5.73 Å². The van der Waals surface area contributed by atoms with Crippen molar-refractivity contribution in [2.45, 2.75) is 31.6 Å². The maximum absolute atomic E-state index is 12.2. The highest BCUT2D eigenvalue weighted by Gasteiger charge is 2.46. The standard InChI is InChI=1S/C16H16N2O3/c17-9-3-6-11-4-1-2-5-12(11)10-18-15(19)13-7-8-14(21-13)16(18)20/h1-2,4-5,13-14H,7-10,17H2. The molecular weight excluding hydrogens is 268 g/mol. The van der Waals surface area contributed by atoms with E-state index in [1.54, 1.807) is 0 Å². The van der Waals surface area contributed by atoms with E-state index in [4.69, 9.17) is 10.5 Å². The van der Waals surface area contributed by atoms with E-state index in [-0.39, 0.29) is 24.9 Å². The zero-order valence-corrected chi connectivity index (χ0v) is 11.5. The number of benzene rings is 1. The Balaban J connectivity index is 1.86. The number of fused-ring (bicyclic) bond motifs is 2. The van der Waals surface area contributed by atoms with Crippen LogP contribution >= 0.6 is 0 Å². The third-order valence-electron chi connectivity index (χ3n) is 3.77. The van der Waals surface area contributed by atoms with Gasteiger partial charge in [-0.3, -0.25) is 14.5 Å². The summed E-state index contributed by atoms with van der Waals surface area (Å²) >= 11 is 0. The second-order valence-corrected chi connectivity index (χ2v) is 5.12. The minimum atomic E-state index is -0.463. The Morgan fingerprint density at radius 1 is 1.19 bits per heavy atom. The smallest absolute Gasteiger partial charge is 0.258 e. The molecule has 3 rings (SSSR count). The Bertz CT molecular complexity index is 622. The summed E-state index contributed by atoms with van der Waals surface area (Å²) in [6, 6.07) is 7.48. The molecule has 2 fully saturated rings. The molecular formula is C16H16N2O3. The molecule has 0 aliphatic carbocycles. The number of hydrogen-bond donors (Lipinski definition) is 1. The second kappa shape index (κ2) is 5.68. The van der Waals surface area contributed by atoms with Crippen LogP contribution in [0.4, 0.5) is 0 Å². The molecule has 0 aromatic heterocycles. The predicted octanol–water partition coefficient (Wildman–Crippen LogP) is 0.413. The van der Waals surface area contributed by atoms with Crippen molar-refractivity contribution in [1.29, 1.82) is 0 Å². The van der Waals surface area contributed by atoms with Gasteiger partial charge in [0.1, 0.15) is 12.2 Å². The molecule has 2 amide bonds. The number of morpholine rings is 1. The molecule has 2 aliphatic heterocycles.